The summed E-state index contributed by atoms with van der Waals surface area (Å²) in [5, 5.41) is 2.93. The number of rotatable bonds is 5. The van der Waals surface area contributed by atoms with Gasteiger partial charge in [0.15, 0.2) is 0 Å². The first-order valence-corrected chi connectivity index (χ1v) is 8.73. The van der Waals surface area contributed by atoms with Gasteiger partial charge in [-0.3, -0.25) is 14.6 Å². The van der Waals surface area contributed by atoms with Crippen LogP contribution in [0, 0.1) is 6.92 Å². The van der Waals surface area contributed by atoms with Gasteiger partial charge in [-0.25, -0.2) is 0 Å². The smallest absolute Gasteiger partial charge is 0.247 e. The fraction of sp³-hybridized carbons (Fsp3) is 0.350. The molecule has 1 unspecified atom stereocenters. The predicted octanol–water partition coefficient (Wildman–Crippen LogP) is 2.92. The molecule has 0 spiro atoms. The Morgan fingerprint density at radius 1 is 1.38 bits per heavy atom. The van der Waals surface area contributed by atoms with Gasteiger partial charge in [-0.1, -0.05) is 6.07 Å². The van der Waals surface area contributed by atoms with Crippen molar-refractivity contribution in [2.75, 3.05) is 12.4 Å². The lowest BCUT2D eigenvalue weighted by atomic mass is 10.0. The van der Waals surface area contributed by atoms with E-state index in [1.807, 2.05) is 37.3 Å². The monoisotopic (exact) mass is 353 g/mol. The van der Waals surface area contributed by atoms with Crippen LogP contribution >= 0.6 is 0 Å². The Bertz CT molecular complexity index is 792. The number of carbonyl (C=O) groups is 2. The van der Waals surface area contributed by atoms with Crippen LogP contribution in [0.25, 0.3) is 0 Å². The van der Waals surface area contributed by atoms with Crippen LogP contribution in [-0.2, 0) is 16.2 Å². The van der Waals surface area contributed by atoms with E-state index in [0.29, 0.717) is 19.4 Å². The first kappa shape index (κ1) is 17.9. The number of aryl methyl sites for hydroxylation is 1. The molecule has 0 radical (unpaired) electrons. The molecule has 1 aliphatic rings. The summed E-state index contributed by atoms with van der Waals surface area (Å²) in [6.45, 7) is 2.36. The maximum atomic E-state index is 12.5. The molecule has 1 atom stereocenters. The third-order valence-corrected chi connectivity index (χ3v) is 4.62. The van der Waals surface area contributed by atoms with Crippen molar-refractivity contribution in [1.29, 1.82) is 0 Å². The molecular formula is C20H23N3O3. The Labute approximate surface area is 153 Å². The number of likely N-dealkylation sites (N-methyl/N-ethyl adjacent to an activating group) is 1. The Morgan fingerprint density at radius 3 is 2.96 bits per heavy atom. The number of carbonyl (C=O) groups excluding carboxylic acids is 2. The second kappa shape index (κ2) is 7.99. The van der Waals surface area contributed by atoms with E-state index in [0.717, 1.165) is 29.0 Å². The van der Waals surface area contributed by atoms with Crippen LogP contribution in [0.15, 0.2) is 42.7 Å². The van der Waals surface area contributed by atoms with Gasteiger partial charge in [0.25, 0.3) is 0 Å². The first-order chi connectivity index (χ1) is 12.5. The highest BCUT2D eigenvalue weighted by atomic mass is 16.5. The second-order valence-corrected chi connectivity index (χ2v) is 6.53. The van der Waals surface area contributed by atoms with Crippen molar-refractivity contribution in [3.63, 3.8) is 0 Å². The molecule has 0 aliphatic carbocycles. The molecule has 1 aromatic carbocycles. The van der Waals surface area contributed by atoms with Crippen LogP contribution < -0.4 is 10.1 Å². The van der Waals surface area contributed by atoms with Gasteiger partial charge < -0.3 is 15.0 Å². The lowest BCUT2D eigenvalue weighted by Gasteiger charge is -2.31. The van der Waals surface area contributed by atoms with Gasteiger partial charge in [0.1, 0.15) is 18.4 Å². The second-order valence-electron chi connectivity index (χ2n) is 6.53. The number of hydrogen-bond acceptors (Lipinski definition) is 4. The van der Waals surface area contributed by atoms with Crippen molar-refractivity contribution in [2.24, 2.45) is 0 Å². The third kappa shape index (κ3) is 4.20. The van der Waals surface area contributed by atoms with E-state index in [1.165, 1.54) is 0 Å². The molecule has 0 saturated carbocycles. The summed E-state index contributed by atoms with van der Waals surface area (Å²) < 4.78 is 5.77. The topological polar surface area (TPSA) is 71.5 Å². The van der Waals surface area contributed by atoms with Crippen LogP contribution in [0.1, 0.15) is 30.4 Å². The molecule has 3 rings (SSSR count). The molecule has 136 valence electrons. The van der Waals surface area contributed by atoms with Gasteiger partial charge >= 0.3 is 0 Å². The fourth-order valence-electron chi connectivity index (χ4n) is 3.03. The van der Waals surface area contributed by atoms with Crippen molar-refractivity contribution in [2.45, 2.75) is 38.8 Å². The highest BCUT2D eigenvalue weighted by Gasteiger charge is 2.30. The van der Waals surface area contributed by atoms with E-state index in [2.05, 4.69) is 10.3 Å². The molecule has 6 heteroatoms. The Balaban J connectivity index is 1.62. The zero-order valence-corrected chi connectivity index (χ0v) is 15.1. The summed E-state index contributed by atoms with van der Waals surface area (Å²) in [5.74, 6) is 0.606. The summed E-state index contributed by atoms with van der Waals surface area (Å²) >= 11 is 0. The normalized spacial score (nSPS) is 17.1. The average Bonchev–Trinajstić information content (AvgIpc) is 2.65. The number of likely N-dealkylation sites (tertiary alicyclic amines) is 1. The highest BCUT2D eigenvalue weighted by molar-refractivity contribution is 5.98. The minimum absolute atomic E-state index is 0.0206. The first-order valence-electron chi connectivity index (χ1n) is 8.73. The minimum atomic E-state index is -0.405. The molecule has 0 bridgehead atoms. The van der Waals surface area contributed by atoms with Crippen LogP contribution in [0.5, 0.6) is 5.75 Å². The summed E-state index contributed by atoms with van der Waals surface area (Å²) in [6.07, 6.45) is 5.45. The van der Waals surface area contributed by atoms with Gasteiger partial charge in [0, 0.05) is 37.1 Å². The van der Waals surface area contributed by atoms with Crippen molar-refractivity contribution in [3.05, 3.63) is 53.9 Å². The lowest BCUT2D eigenvalue weighted by Crippen LogP contribution is -2.47. The van der Waals surface area contributed by atoms with Gasteiger partial charge in [-0.05, 0) is 49.6 Å². The highest BCUT2D eigenvalue weighted by Crippen LogP contribution is 2.24. The number of nitrogens with zero attached hydrogens (tertiary/aromatic N) is 2. The van der Waals surface area contributed by atoms with E-state index in [-0.39, 0.29) is 11.8 Å². The van der Waals surface area contributed by atoms with Crippen molar-refractivity contribution >= 4 is 17.5 Å². The van der Waals surface area contributed by atoms with Crippen molar-refractivity contribution in [3.8, 4) is 5.75 Å². The number of pyridine rings is 1. The van der Waals surface area contributed by atoms with Crippen molar-refractivity contribution < 1.29 is 14.3 Å². The van der Waals surface area contributed by atoms with Gasteiger partial charge in [0.05, 0.1) is 0 Å². The maximum Gasteiger partial charge on any atom is 0.247 e. The molecule has 6 nitrogen and oxygen atoms in total. The SMILES string of the molecule is Cc1cc(OCc2cccnc2)ccc1NC(=O)C1CCCC(=O)N1C. The Morgan fingerprint density at radius 2 is 2.23 bits per heavy atom. The Kier molecular flexibility index (Phi) is 5.51. The van der Waals surface area contributed by atoms with Crippen LogP contribution in [0.2, 0.25) is 0 Å². The molecule has 1 aromatic heterocycles. The summed E-state index contributed by atoms with van der Waals surface area (Å²) in [4.78, 5) is 29.9. The molecule has 1 aliphatic heterocycles. The van der Waals surface area contributed by atoms with E-state index in [1.54, 1.807) is 24.3 Å². The molecule has 1 N–H and O–H groups in total. The van der Waals surface area contributed by atoms with Crippen LogP contribution in [-0.4, -0.2) is 34.8 Å². The average molecular weight is 353 g/mol. The van der Waals surface area contributed by atoms with E-state index in [4.69, 9.17) is 4.74 Å². The largest absolute Gasteiger partial charge is 0.489 e. The number of amides is 2. The van der Waals surface area contributed by atoms with E-state index < -0.39 is 6.04 Å². The van der Waals surface area contributed by atoms with E-state index in [9.17, 15) is 9.59 Å². The number of nitrogens with one attached hydrogen (secondary N) is 1. The van der Waals surface area contributed by atoms with Crippen LogP contribution in [0.4, 0.5) is 5.69 Å². The van der Waals surface area contributed by atoms with Gasteiger partial charge in [-0.2, -0.15) is 0 Å². The van der Waals surface area contributed by atoms with E-state index >= 15 is 0 Å². The lowest BCUT2D eigenvalue weighted by molar-refractivity contribution is -0.140. The minimum Gasteiger partial charge on any atom is -0.489 e. The zero-order valence-electron chi connectivity index (χ0n) is 15.1. The molecule has 2 amide bonds. The number of hydrogen-bond donors (Lipinski definition) is 1. The van der Waals surface area contributed by atoms with Gasteiger partial charge in [0.2, 0.25) is 11.8 Å². The number of ether oxygens (including phenoxy) is 1. The molecular weight excluding hydrogens is 330 g/mol. The standard InChI is InChI=1S/C20H23N3O3/c1-14-11-16(26-13-15-5-4-10-21-12-15)8-9-17(14)22-20(25)18-6-3-7-19(24)23(18)2/h4-5,8-12,18H,3,6-7,13H2,1-2H3,(H,22,25). The predicted molar refractivity (Wildman–Crippen MR) is 98.8 cm³/mol. The number of benzene rings is 1. The summed E-state index contributed by atoms with van der Waals surface area (Å²) in [7, 11) is 1.69. The molecule has 2 heterocycles. The molecule has 1 saturated heterocycles. The number of anilines is 1. The number of piperidine rings is 1. The van der Waals surface area contributed by atoms with Crippen molar-refractivity contribution in [1.82, 2.24) is 9.88 Å². The third-order valence-electron chi connectivity index (χ3n) is 4.62. The maximum absolute atomic E-state index is 12.5. The molecule has 26 heavy (non-hydrogen) atoms. The van der Waals surface area contributed by atoms with Gasteiger partial charge in [-0.15, -0.1) is 0 Å². The summed E-state index contributed by atoms with van der Waals surface area (Å²) in [5.41, 5.74) is 2.63. The van der Waals surface area contributed by atoms with Crippen LogP contribution in [0.3, 0.4) is 0 Å². The molecule has 2 aromatic rings. The zero-order chi connectivity index (χ0) is 18.5. The molecule has 1 fully saturated rings. The fourth-order valence-corrected chi connectivity index (χ4v) is 3.03. The summed E-state index contributed by atoms with van der Waals surface area (Å²) in [6, 6.07) is 8.97. The number of aromatic nitrogens is 1. The quantitative estimate of drug-likeness (QED) is 0.897. The Hall–Kier alpha value is -2.89.